The predicted octanol–water partition coefficient (Wildman–Crippen LogP) is 4.13. The van der Waals surface area contributed by atoms with Crippen LogP contribution >= 0.6 is 11.6 Å². The fourth-order valence-corrected chi connectivity index (χ4v) is 2.13. The molecule has 0 unspecified atom stereocenters. The average molecular weight is 325 g/mol. The van der Waals surface area contributed by atoms with E-state index in [9.17, 15) is 4.79 Å². The number of para-hydroxylation sites is 1. The number of carbonyl (C=O) groups excluding carboxylic acids is 1. The molecule has 0 spiro atoms. The lowest BCUT2D eigenvalue weighted by atomic mass is 10.2. The molecule has 5 nitrogen and oxygen atoms in total. The van der Waals surface area contributed by atoms with Crippen molar-refractivity contribution in [2.45, 2.75) is 0 Å². The first-order valence-corrected chi connectivity index (χ1v) is 7.32. The molecule has 3 rings (SSSR count). The molecule has 6 heteroatoms. The molecule has 114 valence electrons. The molecular formula is C17H13ClN4O. The summed E-state index contributed by atoms with van der Waals surface area (Å²) in [6.07, 6.45) is 0. The van der Waals surface area contributed by atoms with E-state index in [4.69, 9.17) is 11.6 Å². The number of benzene rings is 2. The van der Waals surface area contributed by atoms with Gasteiger partial charge in [0.15, 0.2) is 11.6 Å². The molecule has 0 fully saturated rings. The normalized spacial score (nSPS) is 10.1. The highest BCUT2D eigenvalue weighted by molar-refractivity contribution is 6.33. The zero-order valence-electron chi connectivity index (χ0n) is 12.0. The Hall–Kier alpha value is -2.92. The summed E-state index contributed by atoms with van der Waals surface area (Å²) in [6.45, 7) is 0. The van der Waals surface area contributed by atoms with Crippen molar-refractivity contribution in [3.63, 3.8) is 0 Å². The minimum atomic E-state index is -0.230. The number of amides is 1. The van der Waals surface area contributed by atoms with Crippen molar-refractivity contribution in [1.29, 1.82) is 0 Å². The van der Waals surface area contributed by atoms with Crippen molar-refractivity contribution in [2.75, 3.05) is 10.6 Å². The van der Waals surface area contributed by atoms with Crippen LogP contribution in [-0.2, 0) is 0 Å². The Kier molecular flexibility index (Phi) is 4.49. The van der Waals surface area contributed by atoms with E-state index < -0.39 is 0 Å². The summed E-state index contributed by atoms with van der Waals surface area (Å²) in [5, 5.41) is 14.4. The molecule has 1 aromatic heterocycles. The summed E-state index contributed by atoms with van der Waals surface area (Å²) < 4.78 is 0. The SMILES string of the molecule is O=C(Nc1ccc(Nc2ccccc2Cl)nn1)c1ccccc1. The highest BCUT2D eigenvalue weighted by Crippen LogP contribution is 2.23. The third kappa shape index (κ3) is 3.84. The van der Waals surface area contributed by atoms with Crippen molar-refractivity contribution < 1.29 is 4.79 Å². The van der Waals surface area contributed by atoms with E-state index in [2.05, 4.69) is 20.8 Å². The Morgan fingerprint density at radius 3 is 2.17 bits per heavy atom. The molecule has 0 atom stereocenters. The van der Waals surface area contributed by atoms with Crippen LogP contribution in [-0.4, -0.2) is 16.1 Å². The maximum atomic E-state index is 12.0. The predicted molar refractivity (Wildman–Crippen MR) is 91.2 cm³/mol. The number of aromatic nitrogens is 2. The molecule has 0 radical (unpaired) electrons. The molecule has 23 heavy (non-hydrogen) atoms. The molecular weight excluding hydrogens is 312 g/mol. The van der Waals surface area contributed by atoms with Crippen LogP contribution in [0, 0.1) is 0 Å². The average Bonchev–Trinajstić information content (AvgIpc) is 2.59. The number of nitrogens with zero attached hydrogens (tertiary/aromatic N) is 2. The summed E-state index contributed by atoms with van der Waals surface area (Å²) in [4.78, 5) is 12.0. The fourth-order valence-electron chi connectivity index (χ4n) is 1.94. The third-order valence-electron chi connectivity index (χ3n) is 3.08. The third-order valence-corrected chi connectivity index (χ3v) is 3.41. The molecule has 1 heterocycles. The number of carbonyl (C=O) groups is 1. The molecule has 0 aliphatic rings. The first kappa shape index (κ1) is 15.0. The molecule has 0 aliphatic heterocycles. The van der Waals surface area contributed by atoms with Crippen molar-refractivity contribution >= 4 is 34.8 Å². The van der Waals surface area contributed by atoms with Crippen LogP contribution < -0.4 is 10.6 Å². The standard InChI is InChI=1S/C17H13ClN4O/c18-13-8-4-5-9-14(13)19-15-10-11-16(22-21-15)20-17(23)12-6-2-1-3-7-12/h1-11H,(H,19,21)(H,20,22,23). The van der Waals surface area contributed by atoms with Gasteiger partial charge in [0.25, 0.3) is 5.91 Å². The van der Waals surface area contributed by atoms with E-state index in [0.29, 0.717) is 22.2 Å². The van der Waals surface area contributed by atoms with Gasteiger partial charge in [-0.25, -0.2) is 0 Å². The van der Waals surface area contributed by atoms with Gasteiger partial charge in [-0.3, -0.25) is 4.79 Å². The molecule has 2 aromatic carbocycles. The van der Waals surface area contributed by atoms with Crippen LogP contribution in [0.4, 0.5) is 17.3 Å². The summed E-state index contributed by atoms with van der Waals surface area (Å²) in [6, 6.07) is 19.7. The monoisotopic (exact) mass is 324 g/mol. The highest BCUT2D eigenvalue weighted by atomic mass is 35.5. The quantitative estimate of drug-likeness (QED) is 0.757. The van der Waals surface area contributed by atoms with Gasteiger partial charge in [0.2, 0.25) is 0 Å². The molecule has 3 aromatic rings. The van der Waals surface area contributed by atoms with Gasteiger partial charge in [-0.05, 0) is 36.4 Å². The fraction of sp³-hybridized carbons (Fsp3) is 0. The number of halogens is 1. The molecule has 0 saturated carbocycles. The lowest BCUT2D eigenvalue weighted by Crippen LogP contribution is -2.13. The van der Waals surface area contributed by atoms with Gasteiger partial charge >= 0.3 is 0 Å². The smallest absolute Gasteiger partial charge is 0.256 e. The molecule has 0 bridgehead atoms. The summed E-state index contributed by atoms with van der Waals surface area (Å²) in [5.74, 6) is 0.686. The van der Waals surface area contributed by atoms with Crippen LogP contribution in [0.2, 0.25) is 5.02 Å². The van der Waals surface area contributed by atoms with E-state index in [1.807, 2.05) is 24.3 Å². The van der Waals surface area contributed by atoms with Crippen molar-refractivity contribution in [1.82, 2.24) is 10.2 Å². The lowest BCUT2D eigenvalue weighted by molar-refractivity contribution is 0.102. The number of rotatable bonds is 4. The largest absolute Gasteiger partial charge is 0.338 e. The Morgan fingerprint density at radius 2 is 1.48 bits per heavy atom. The summed E-state index contributed by atoms with van der Waals surface area (Å²) in [5.41, 5.74) is 1.30. The number of hydrogen-bond donors (Lipinski definition) is 2. The van der Waals surface area contributed by atoms with Crippen molar-refractivity contribution in [3.05, 3.63) is 77.3 Å². The highest BCUT2D eigenvalue weighted by Gasteiger charge is 2.07. The molecule has 0 saturated heterocycles. The topological polar surface area (TPSA) is 66.9 Å². The van der Waals surface area contributed by atoms with Gasteiger partial charge in [-0.2, -0.15) is 0 Å². The van der Waals surface area contributed by atoms with E-state index in [-0.39, 0.29) is 5.91 Å². The summed E-state index contributed by atoms with van der Waals surface area (Å²) >= 11 is 6.07. The zero-order valence-corrected chi connectivity index (χ0v) is 12.8. The summed E-state index contributed by atoms with van der Waals surface area (Å²) in [7, 11) is 0. The van der Waals surface area contributed by atoms with Crippen LogP contribution in [0.25, 0.3) is 0 Å². The minimum absolute atomic E-state index is 0.230. The van der Waals surface area contributed by atoms with Gasteiger partial charge < -0.3 is 10.6 Å². The minimum Gasteiger partial charge on any atom is -0.338 e. The van der Waals surface area contributed by atoms with Gasteiger partial charge in [0.05, 0.1) is 10.7 Å². The van der Waals surface area contributed by atoms with Crippen LogP contribution in [0.1, 0.15) is 10.4 Å². The van der Waals surface area contributed by atoms with E-state index in [1.165, 1.54) is 0 Å². The van der Waals surface area contributed by atoms with Crippen molar-refractivity contribution in [3.8, 4) is 0 Å². The lowest BCUT2D eigenvalue weighted by Gasteiger charge is -2.08. The Labute approximate surface area is 138 Å². The van der Waals surface area contributed by atoms with E-state index in [0.717, 1.165) is 5.69 Å². The second-order valence-electron chi connectivity index (χ2n) is 4.73. The van der Waals surface area contributed by atoms with E-state index in [1.54, 1.807) is 42.5 Å². The second kappa shape index (κ2) is 6.89. The Bertz CT molecular complexity index is 806. The van der Waals surface area contributed by atoms with Crippen molar-refractivity contribution in [2.24, 2.45) is 0 Å². The molecule has 2 N–H and O–H groups in total. The first-order valence-electron chi connectivity index (χ1n) is 6.94. The second-order valence-corrected chi connectivity index (χ2v) is 5.14. The molecule has 1 amide bonds. The maximum Gasteiger partial charge on any atom is 0.256 e. The molecule has 0 aliphatic carbocycles. The van der Waals surface area contributed by atoms with Crippen LogP contribution in [0.3, 0.4) is 0 Å². The number of hydrogen-bond acceptors (Lipinski definition) is 4. The van der Waals surface area contributed by atoms with Crippen LogP contribution in [0.5, 0.6) is 0 Å². The number of anilines is 3. The first-order chi connectivity index (χ1) is 11.2. The van der Waals surface area contributed by atoms with Gasteiger partial charge in [0, 0.05) is 5.56 Å². The van der Waals surface area contributed by atoms with Crippen LogP contribution in [0.15, 0.2) is 66.7 Å². The maximum absolute atomic E-state index is 12.0. The Morgan fingerprint density at radius 1 is 0.826 bits per heavy atom. The zero-order chi connectivity index (χ0) is 16.1. The van der Waals surface area contributed by atoms with Gasteiger partial charge in [-0.15, -0.1) is 10.2 Å². The number of nitrogens with one attached hydrogen (secondary N) is 2. The van der Waals surface area contributed by atoms with Gasteiger partial charge in [-0.1, -0.05) is 41.9 Å². The Balaban J connectivity index is 1.68. The van der Waals surface area contributed by atoms with Gasteiger partial charge in [0.1, 0.15) is 0 Å². The van der Waals surface area contributed by atoms with E-state index >= 15 is 0 Å².